The van der Waals surface area contributed by atoms with Crippen molar-refractivity contribution >= 4 is 12.1 Å². The van der Waals surface area contributed by atoms with Gasteiger partial charge in [0.2, 0.25) is 0 Å². The van der Waals surface area contributed by atoms with Crippen molar-refractivity contribution < 1.29 is 13.9 Å². The molecule has 2 aromatic rings. The highest BCUT2D eigenvalue weighted by atomic mass is 19.1. The summed E-state index contributed by atoms with van der Waals surface area (Å²) in [5.41, 5.74) is 4.10. The normalized spacial score (nSPS) is 10.6. The molecule has 0 atom stereocenters. The minimum atomic E-state index is -0.382. The summed E-state index contributed by atoms with van der Waals surface area (Å²) in [6.07, 6.45) is 2.33. The van der Waals surface area contributed by atoms with E-state index < -0.39 is 0 Å². The number of nitrogens with one attached hydrogen (secondary N) is 1. The van der Waals surface area contributed by atoms with Crippen molar-refractivity contribution in [1.82, 2.24) is 5.43 Å². The van der Waals surface area contributed by atoms with E-state index in [-0.39, 0.29) is 18.3 Å². The summed E-state index contributed by atoms with van der Waals surface area (Å²) in [7, 11) is 0. The van der Waals surface area contributed by atoms with Gasteiger partial charge in [-0.2, -0.15) is 5.10 Å². The summed E-state index contributed by atoms with van der Waals surface area (Å²) in [5.74, 6) is -0.109. The third-order valence-electron chi connectivity index (χ3n) is 2.95. The maximum absolute atomic E-state index is 12.9. The van der Waals surface area contributed by atoms with Gasteiger partial charge in [0.05, 0.1) is 6.21 Å². The molecule has 1 N–H and O–H groups in total. The zero-order chi connectivity index (χ0) is 15.8. The van der Waals surface area contributed by atoms with E-state index in [1.165, 1.54) is 23.9 Å². The first-order valence-electron chi connectivity index (χ1n) is 6.96. The van der Waals surface area contributed by atoms with Crippen LogP contribution in [0.3, 0.4) is 0 Å². The van der Waals surface area contributed by atoms with Crippen molar-refractivity contribution in [3.8, 4) is 5.75 Å². The number of aryl methyl sites for hydroxylation is 1. The fraction of sp³-hybridized carbons (Fsp3) is 0.176. The molecule has 0 fully saturated rings. The summed E-state index contributed by atoms with van der Waals surface area (Å²) in [5, 5.41) is 3.75. The fourth-order valence-electron chi connectivity index (χ4n) is 1.77. The van der Waals surface area contributed by atoms with Gasteiger partial charge in [0.15, 0.2) is 6.61 Å². The highest BCUT2D eigenvalue weighted by molar-refractivity contribution is 5.82. The summed E-state index contributed by atoms with van der Waals surface area (Å²) in [4.78, 5) is 11.6. The molecule has 0 aliphatic rings. The number of hydrazone groups is 1. The average molecular weight is 300 g/mol. The monoisotopic (exact) mass is 300 g/mol. The molecule has 2 rings (SSSR count). The Morgan fingerprint density at radius 3 is 2.73 bits per heavy atom. The van der Waals surface area contributed by atoms with E-state index in [4.69, 9.17) is 4.74 Å². The Morgan fingerprint density at radius 2 is 2.05 bits per heavy atom. The number of benzene rings is 2. The molecule has 0 heterocycles. The predicted molar refractivity (Wildman–Crippen MR) is 83.5 cm³/mol. The molecule has 0 spiro atoms. The highest BCUT2D eigenvalue weighted by Gasteiger charge is 2.01. The molecule has 0 aliphatic carbocycles. The molecule has 22 heavy (non-hydrogen) atoms. The van der Waals surface area contributed by atoms with Gasteiger partial charge in [0, 0.05) is 0 Å². The number of rotatable bonds is 6. The molecule has 0 aromatic heterocycles. The van der Waals surface area contributed by atoms with Crippen LogP contribution in [0.25, 0.3) is 0 Å². The van der Waals surface area contributed by atoms with Crippen LogP contribution in [0.2, 0.25) is 0 Å². The van der Waals surface area contributed by atoms with E-state index in [0.717, 1.165) is 6.42 Å². The van der Waals surface area contributed by atoms with Gasteiger partial charge in [-0.25, -0.2) is 9.82 Å². The average Bonchev–Trinajstić information content (AvgIpc) is 2.53. The van der Waals surface area contributed by atoms with Gasteiger partial charge in [0.1, 0.15) is 11.6 Å². The molecule has 114 valence electrons. The number of nitrogens with zero attached hydrogens (tertiary/aromatic N) is 1. The lowest BCUT2D eigenvalue weighted by molar-refractivity contribution is -0.123. The first-order chi connectivity index (χ1) is 10.7. The molecular weight excluding hydrogens is 283 g/mol. The van der Waals surface area contributed by atoms with Crippen LogP contribution in [0, 0.1) is 5.82 Å². The van der Waals surface area contributed by atoms with E-state index >= 15 is 0 Å². The maximum Gasteiger partial charge on any atom is 0.277 e. The Labute approximate surface area is 128 Å². The third kappa shape index (κ3) is 5.01. The fourth-order valence-corrected chi connectivity index (χ4v) is 1.77. The lowest BCUT2D eigenvalue weighted by atomic mass is 10.2. The molecule has 0 saturated heterocycles. The van der Waals surface area contributed by atoms with E-state index in [2.05, 4.69) is 17.5 Å². The van der Waals surface area contributed by atoms with E-state index in [1.54, 1.807) is 12.1 Å². The maximum atomic E-state index is 12.9. The van der Waals surface area contributed by atoms with Crippen molar-refractivity contribution in [3.05, 3.63) is 65.5 Å². The summed E-state index contributed by atoms with van der Waals surface area (Å²) < 4.78 is 18.3. The third-order valence-corrected chi connectivity index (χ3v) is 2.95. The van der Waals surface area contributed by atoms with Gasteiger partial charge in [-0.05, 0) is 41.8 Å². The number of carbonyl (C=O) groups excluding carboxylic acids is 1. The number of carbonyl (C=O) groups is 1. The zero-order valence-corrected chi connectivity index (χ0v) is 12.3. The van der Waals surface area contributed by atoms with Crippen LogP contribution in [-0.2, 0) is 11.2 Å². The van der Waals surface area contributed by atoms with Gasteiger partial charge in [-0.3, -0.25) is 4.79 Å². The topological polar surface area (TPSA) is 50.7 Å². The van der Waals surface area contributed by atoms with Crippen molar-refractivity contribution in [2.75, 3.05) is 6.61 Å². The predicted octanol–water partition coefficient (Wildman–Crippen LogP) is 2.92. The summed E-state index contributed by atoms with van der Waals surface area (Å²) in [6.45, 7) is 1.94. The second kappa shape index (κ2) is 7.93. The molecular formula is C17H17FN2O2. The van der Waals surface area contributed by atoms with Gasteiger partial charge in [0.25, 0.3) is 5.91 Å². The van der Waals surface area contributed by atoms with Crippen LogP contribution in [0.4, 0.5) is 4.39 Å². The highest BCUT2D eigenvalue weighted by Crippen LogP contribution is 2.12. The Kier molecular flexibility index (Phi) is 5.65. The van der Waals surface area contributed by atoms with E-state index in [9.17, 15) is 9.18 Å². The second-order valence-electron chi connectivity index (χ2n) is 4.63. The number of hydrogen-bond donors (Lipinski definition) is 1. The van der Waals surface area contributed by atoms with Gasteiger partial charge in [-0.15, -0.1) is 0 Å². The number of ether oxygens (including phenoxy) is 1. The van der Waals surface area contributed by atoms with Crippen molar-refractivity contribution in [2.24, 2.45) is 5.10 Å². The summed E-state index contributed by atoms with van der Waals surface area (Å²) >= 11 is 0. The van der Waals surface area contributed by atoms with E-state index in [1.807, 2.05) is 24.3 Å². The van der Waals surface area contributed by atoms with Crippen LogP contribution in [-0.4, -0.2) is 18.7 Å². The molecule has 0 radical (unpaired) electrons. The molecule has 0 bridgehead atoms. The van der Waals surface area contributed by atoms with Crippen molar-refractivity contribution in [1.29, 1.82) is 0 Å². The number of hydrogen-bond acceptors (Lipinski definition) is 3. The molecule has 0 saturated carbocycles. The lowest BCUT2D eigenvalue weighted by Crippen LogP contribution is -2.24. The Hall–Kier alpha value is -2.69. The first kappa shape index (κ1) is 15.7. The molecule has 4 nitrogen and oxygen atoms in total. The molecule has 5 heteroatoms. The van der Waals surface area contributed by atoms with Gasteiger partial charge in [-0.1, -0.05) is 31.2 Å². The van der Waals surface area contributed by atoms with Crippen LogP contribution >= 0.6 is 0 Å². The zero-order valence-electron chi connectivity index (χ0n) is 12.3. The second-order valence-corrected chi connectivity index (χ2v) is 4.63. The quantitative estimate of drug-likeness (QED) is 0.659. The van der Waals surface area contributed by atoms with E-state index in [0.29, 0.717) is 11.3 Å². The van der Waals surface area contributed by atoms with Gasteiger partial charge >= 0.3 is 0 Å². The Balaban J connectivity index is 1.77. The molecule has 0 unspecified atom stereocenters. The minimum Gasteiger partial charge on any atom is -0.484 e. The van der Waals surface area contributed by atoms with Crippen molar-refractivity contribution in [2.45, 2.75) is 13.3 Å². The summed E-state index contributed by atoms with van der Waals surface area (Å²) in [6, 6.07) is 13.5. The number of halogens is 1. The SMILES string of the molecule is CCc1ccc(OCC(=O)NN=Cc2cccc(F)c2)cc1. The molecule has 2 aromatic carbocycles. The Morgan fingerprint density at radius 1 is 1.27 bits per heavy atom. The van der Waals surface area contributed by atoms with Crippen LogP contribution in [0.5, 0.6) is 5.75 Å². The molecule has 1 amide bonds. The van der Waals surface area contributed by atoms with Crippen LogP contribution in [0.1, 0.15) is 18.1 Å². The minimum absolute atomic E-state index is 0.133. The Bertz CT molecular complexity index is 654. The lowest BCUT2D eigenvalue weighted by Gasteiger charge is -2.05. The van der Waals surface area contributed by atoms with Crippen LogP contribution < -0.4 is 10.2 Å². The standard InChI is InChI=1S/C17H17FN2O2/c1-2-13-6-8-16(9-7-13)22-12-17(21)20-19-11-14-4-3-5-15(18)10-14/h3-11H,2,12H2,1H3,(H,20,21). The smallest absolute Gasteiger partial charge is 0.277 e. The van der Waals surface area contributed by atoms with Crippen molar-refractivity contribution in [3.63, 3.8) is 0 Å². The number of amides is 1. The molecule has 0 aliphatic heterocycles. The first-order valence-corrected chi connectivity index (χ1v) is 6.96. The van der Waals surface area contributed by atoms with Crippen LogP contribution in [0.15, 0.2) is 53.6 Å². The largest absolute Gasteiger partial charge is 0.484 e. The van der Waals surface area contributed by atoms with Gasteiger partial charge < -0.3 is 4.74 Å².